The predicted octanol–water partition coefficient (Wildman–Crippen LogP) is 1.52. The molecule has 0 saturated heterocycles. The van der Waals surface area contributed by atoms with E-state index in [1.165, 1.54) is 18.2 Å². The monoisotopic (exact) mass is 335 g/mol. The second-order valence-corrected chi connectivity index (χ2v) is 5.35. The van der Waals surface area contributed by atoms with Crippen LogP contribution in [0, 0.1) is 10.1 Å². The maximum absolute atomic E-state index is 11.8. The average Bonchev–Trinajstić information content (AvgIpc) is 3.05. The molecule has 1 fully saturated rings. The molecule has 0 aromatic heterocycles. The second kappa shape index (κ2) is 8.04. The van der Waals surface area contributed by atoms with E-state index in [-0.39, 0.29) is 11.6 Å². The number of carbonyl (C=O) groups excluding carboxylic acids is 3. The van der Waals surface area contributed by atoms with E-state index in [1.54, 1.807) is 0 Å². The lowest BCUT2D eigenvalue weighted by Crippen LogP contribution is -2.45. The Balaban J connectivity index is 1.82. The predicted molar refractivity (Wildman–Crippen MR) is 82.3 cm³/mol. The number of nitrogens with one attached hydrogen (secondary N) is 2. The normalized spacial score (nSPS) is 14.0. The van der Waals surface area contributed by atoms with E-state index in [9.17, 15) is 24.5 Å². The second-order valence-electron chi connectivity index (χ2n) is 5.35. The Labute approximate surface area is 137 Å². The Morgan fingerprint density at radius 2 is 1.88 bits per heavy atom. The molecule has 0 heterocycles. The summed E-state index contributed by atoms with van der Waals surface area (Å²) in [5.41, 5.74) is -0.674. The maximum Gasteiger partial charge on any atom is 0.345 e. The molecule has 0 spiro atoms. The highest BCUT2D eigenvalue weighted by Gasteiger charge is 2.22. The van der Waals surface area contributed by atoms with Crippen molar-refractivity contribution in [3.8, 4) is 0 Å². The van der Waals surface area contributed by atoms with Gasteiger partial charge in [-0.3, -0.25) is 20.2 Å². The highest BCUT2D eigenvalue weighted by Crippen LogP contribution is 2.18. The fourth-order valence-corrected chi connectivity index (χ4v) is 2.47. The number of benzene rings is 1. The third kappa shape index (κ3) is 4.77. The molecular formula is C15H17N3O6. The van der Waals surface area contributed by atoms with E-state index in [0.29, 0.717) is 0 Å². The van der Waals surface area contributed by atoms with E-state index in [4.69, 9.17) is 4.74 Å². The largest absolute Gasteiger partial charge is 0.452 e. The fraction of sp³-hybridized carbons (Fsp3) is 0.400. The molecule has 0 unspecified atom stereocenters. The zero-order valence-corrected chi connectivity index (χ0v) is 12.8. The minimum Gasteiger partial charge on any atom is -0.452 e. The standard InChI is InChI=1S/C15H17N3O6/c19-13(17-15(21)16-10-5-1-2-6-10)9-24-14(20)11-7-3-4-8-12(11)18(22)23/h3-4,7-8,10H,1-2,5-6,9H2,(H2,16,17,19,21). The number of esters is 1. The number of nitro benzene ring substituents is 1. The number of urea groups is 1. The SMILES string of the molecule is O=C(COC(=O)c1ccccc1[N+](=O)[O-])NC(=O)NC1CCCC1. The number of ether oxygens (including phenoxy) is 1. The number of hydrogen-bond acceptors (Lipinski definition) is 6. The summed E-state index contributed by atoms with van der Waals surface area (Å²) in [5, 5.41) is 15.5. The van der Waals surface area contributed by atoms with Gasteiger partial charge in [0.15, 0.2) is 6.61 Å². The molecule has 128 valence electrons. The molecule has 1 aromatic carbocycles. The molecule has 1 aliphatic carbocycles. The zero-order chi connectivity index (χ0) is 17.5. The van der Waals surface area contributed by atoms with Crippen molar-refractivity contribution in [2.75, 3.05) is 6.61 Å². The Morgan fingerprint density at radius 1 is 1.21 bits per heavy atom. The van der Waals surface area contributed by atoms with Crippen LogP contribution in [0.1, 0.15) is 36.0 Å². The van der Waals surface area contributed by atoms with Crippen molar-refractivity contribution in [3.05, 3.63) is 39.9 Å². The first-order chi connectivity index (χ1) is 11.5. The molecule has 1 saturated carbocycles. The summed E-state index contributed by atoms with van der Waals surface area (Å²) in [6.07, 6.45) is 3.81. The van der Waals surface area contributed by atoms with E-state index < -0.39 is 35.1 Å². The van der Waals surface area contributed by atoms with Crippen LogP contribution in [0.5, 0.6) is 0 Å². The number of nitro groups is 1. The van der Waals surface area contributed by atoms with E-state index in [1.807, 2.05) is 0 Å². The Hall–Kier alpha value is -2.97. The quantitative estimate of drug-likeness (QED) is 0.477. The van der Waals surface area contributed by atoms with Crippen molar-refractivity contribution < 1.29 is 24.0 Å². The summed E-state index contributed by atoms with van der Waals surface area (Å²) in [6.45, 7) is -0.705. The molecule has 9 heteroatoms. The summed E-state index contributed by atoms with van der Waals surface area (Å²) in [7, 11) is 0. The number of carbonyl (C=O) groups is 3. The van der Waals surface area contributed by atoms with Crippen molar-refractivity contribution >= 4 is 23.6 Å². The van der Waals surface area contributed by atoms with Gasteiger partial charge in [-0.1, -0.05) is 25.0 Å². The van der Waals surface area contributed by atoms with Crippen LogP contribution >= 0.6 is 0 Å². The first-order valence-corrected chi connectivity index (χ1v) is 7.48. The van der Waals surface area contributed by atoms with Gasteiger partial charge < -0.3 is 10.1 Å². The minimum absolute atomic E-state index is 0.0484. The third-order valence-electron chi connectivity index (χ3n) is 3.60. The van der Waals surface area contributed by atoms with E-state index >= 15 is 0 Å². The van der Waals surface area contributed by atoms with Gasteiger partial charge in [0.2, 0.25) is 0 Å². The molecule has 24 heavy (non-hydrogen) atoms. The van der Waals surface area contributed by atoms with Gasteiger partial charge in [-0.05, 0) is 18.9 Å². The van der Waals surface area contributed by atoms with Crippen molar-refractivity contribution in [1.82, 2.24) is 10.6 Å². The topological polar surface area (TPSA) is 128 Å². The van der Waals surface area contributed by atoms with Crippen LogP contribution in [-0.4, -0.2) is 35.5 Å². The Kier molecular flexibility index (Phi) is 5.83. The van der Waals surface area contributed by atoms with Gasteiger partial charge in [-0.2, -0.15) is 0 Å². The molecule has 0 aliphatic heterocycles. The molecular weight excluding hydrogens is 318 g/mol. The third-order valence-corrected chi connectivity index (χ3v) is 3.60. The van der Waals surface area contributed by atoms with E-state index in [0.717, 1.165) is 31.7 Å². The van der Waals surface area contributed by atoms with Crippen LogP contribution < -0.4 is 10.6 Å². The highest BCUT2D eigenvalue weighted by molar-refractivity contribution is 5.98. The van der Waals surface area contributed by atoms with Gasteiger partial charge in [-0.15, -0.1) is 0 Å². The molecule has 0 bridgehead atoms. The summed E-state index contributed by atoms with van der Waals surface area (Å²) in [5.74, 6) is -1.81. The number of hydrogen-bond donors (Lipinski definition) is 2. The van der Waals surface area contributed by atoms with Gasteiger partial charge >= 0.3 is 12.0 Å². The zero-order valence-electron chi connectivity index (χ0n) is 12.8. The van der Waals surface area contributed by atoms with Crippen molar-refractivity contribution in [2.24, 2.45) is 0 Å². The van der Waals surface area contributed by atoms with Crippen LogP contribution in [-0.2, 0) is 9.53 Å². The molecule has 1 aliphatic rings. The number of nitrogens with zero attached hydrogens (tertiary/aromatic N) is 1. The molecule has 9 nitrogen and oxygen atoms in total. The summed E-state index contributed by atoms with van der Waals surface area (Å²) in [6, 6.07) is 4.64. The Morgan fingerprint density at radius 3 is 2.54 bits per heavy atom. The fourth-order valence-electron chi connectivity index (χ4n) is 2.47. The molecule has 0 radical (unpaired) electrons. The van der Waals surface area contributed by atoms with Crippen LogP contribution in [0.15, 0.2) is 24.3 Å². The number of imide groups is 1. The molecule has 1 aromatic rings. The molecule has 3 amide bonds. The number of rotatable bonds is 5. The van der Waals surface area contributed by atoms with Crippen molar-refractivity contribution in [2.45, 2.75) is 31.7 Å². The first kappa shape index (κ1) is 17.4. The van der Waals surface area contributed by atoms with Gasteiger partial charge in [0.05, 0.1) is 4.92 Å². The average molecular weight is 335 g/mol. The summed E-state index contributed by atoms with van der Waals surface area (Å²) in [4.78, 5) is 45.1. The van der Waals surface area contributed by atoms with Crippen LogP contribution in [0.25, 0.3) is 0 Å². The summed E-state index contributed by atoms with van der Waals surface area (Å²) < 4.78 is 4.72. The molecule has 2 N–H and O–H groups in total. The van der Waals surface area contributed by atoms with Crippen LogP contribution in [0.3, 0.4) is 0 Å². The Bertz CT molecular complexity index is 654. The van der Waals surface area contributed by atoms with Crippen LogP contribution in [0.4, 0.5) is 10.5 Å². The van der Waals surface area contributed by atoms with Crippen LogP contribution in [0.2, 0.25) is 0 Å². The maximum atomic E-state index is 11.8. The van der Waals surface area contributed by atoms with Gasteiger partial charge in [0.1, 0.15) is 5.56 Å². The smallest absolute Gasteiger partial charge is 0.345 e. The van der Waals surface area contributed by atoms with Crippen molar-refractivity contribution in [1.29, 1.82) is 0 Å². The lowest BCUT2D eigenvalue weighted by Gasteiger charge is -2.12. The van der Waals surface area contributed by atoms with Gasteiger partial charge in [-0.25, -0.2) is 9.59 Å². The lowest BCUT2D eigenvalue weighted by molar-refractivity contribution is -0.385. The van der Waals surface area contributed by atoms with E-state index in [2.05, 4.69) is 10.6 Å². The van der Waals surface area contributed by atoms with Crippen molar-refractivity contribution in [3.63, 3.8) is 0 Å². The lowest BCUT2D eigenvalue weighted by atomic mass is 10.2. The number of para-hydroxylation sites is 1. The first-order valence-electron chi connectivity index (χ1n) is 7.48. The van der Waals surface area contributed by atoms with Gasteiger partial charge in [0, 0.05) is 12.1 Å². The number of amides is 3. The molecule has 2 rings (SSSR count). The molecule has 0 atom stereocenters. The highest BCUT2D eigenvalue weighted by atomic mass is 16.6. The minimum atomic E-state index is -1.01. The summed E-state index contributed by atoms with van der Waals surface area (Å²) >= 11 is 0. The van der Waals surface area contributed by atoms with Gasteiger partial charge in [0.25, 0.3) is 11.6 Å².